The van der Waals surface area contributed by atoms with E-state index in [0.29, 0.717) is 41.9 Å². The van der Waals surface area contributed by atoms with Gasteiger partial charge in [-0.15, -0.1) is 11.3 Å². The van der Waals surface area contributed by atoms with Crippen LogP contribution in [0.5, 0.6) is 11.5 Å². The van der Waals surface area contributed by atoms with Gasteiger partial charge >= 0.3 is 12.4 Å². The number of carbonyl (C=O) groups excluding carboxylic acids is 2. The number of para-hydroxylation sites is 1. The van der Waals surface area contributed by atoms with E-state index in [2.05, 4.69) is 11.1 Å². The van der Waals surface area contributed by atoms with Gasteiger partial charge in [0.2, 0.25) is 5.60 Å². The van der Waals surface area contributed by atoms with Crippen molar-refractivity contribution in [3.05, 3.63) is 75.7 Å². The summed E-state index contributed by atoms with van der Waals surface area (Å²) in [4.78, 5) is 34.6. The molecule has 3 fully saturated rings. The van der Waals surface area contributed by atoms with Crippen molar-refractivity contribution in [2.75, 3.05) is 19.6 Å². The number of thiophene rings is 1. The van der Waals surface area contributed by atoms with Crippen molar-refractivity contribution in [2.45, 2.75) is 113 Å². The van der Waals surface area contributed by atoms with Crippen molar-refractivity contribution in [1.29, 1.82) is 5.26 Å². The normalized spacial score (nSPS) is 24.0. The van der Waals surface area contributed by atoms with Gasteiger partial charge in [-0.1, -0.05) is 31.5 Å². The maximum absolute atomic E-state index is 15.0. The van der Waals surface area contributed by atoms with Gasteiger partial charge in [0.1, 0.15) is 22.1 Å². The highest BCUT2D eigenvalue weighted by atomic mass is 32.1. The minimum absolute atomic E-state index is 0.0222. The molecule has 1 aliphatic carbocycles. The second-order valence-electron chi connectivity index (χ2n) is 15.1. The minimum Gasteiger partial charge on any atom is -0.490 e. The topological polar surface area (TPSA) is 136 Å². The molecule has 1 aromatic carbocycles. The number of carbonyl (C=O) groups is 2. The van der Waals surface area contributed by atoms with Crippen molar-refractivity contribution in [3.63, 3.8) is 0 Å². The number of benzene rings is 1. The van der Waals surface area contributed by atoms with Crippen LogP contribution in [0, 0.1) is 17.2 Å². The number of ether oxygens (including phenoxy) is 2. The third-order valence-electron chi connectivity index (χ3n) is 11.4. The number of aliphatic hydroxyl groups is 2. The van der Waals surface area contributed by atoms with Crippen LogP contribution in [-0.4, -0.2) is 80.5 Å². The molecule has 10 nitrogen and oxygen atoms in total. The lowest BCUT2D eigenvalue weighted by atomic mass is 9.72. The molecule has 4 heterocycles. The molecule has 1 saturated carbocycles. The number of aromatic nitrogens is 1. The fourth-order valence-corrected chi connectivity index (χ4v) is 9.35. The zero-order valence-corrected chi connectivity index (χ0v) is 32.0. The van der Waals surface area contributed by atoms with E-state index in [1.807, 2.05) is 0 Å². The number of rotatable bonds is 11. The summed E-state index contributed by atoms with van der Waals surface area (Å²) in [5, 5.41) is 30.7. The predicted octanol–water partition coefficient (Wildman–Crippen LogP) is 7.74. The molecule has 3 aromatic rings. The highest BCUT2D eigenvalue weighted by Gasteiger charge is 2.57. The van der Waals surface area contributed by atoms with Gasteiger partial charge in [0.05, 0.1) is 29.2 Å². The molecule has 2 aromatic heterocycles. The van der Waals surface area contributed by atoms with E-state index in [4.69, 9.17) is 9.47 Å². The van der Waals surface area contributed by atoms with Crippen molar-refractivity contribution < 1.29 is 55.6 Å². The van der Waals surface area contributed by atoms with Gasteiger partial charge in [0.15, 0.2) is 6.29 Å². The molecule has 4 atom stereocenters. The molecule has 308 valence electrons. The van der Waals surface area contributed by atoms with Gasteiger partial charge in [-0.25, -0.2) is 0 Å². The van der Waals surface area contributed by atoms with Crippen LogP contribution < -0.4 is 9.47 Å². The monoisotopic (exact) mass is 822 g/mol. The maximum Gasteiger partial charge on any atom is 0.425 e. The van der Waals surface area contributed by atoms with Crippen molar-refractivity contribution in [1.82, 2.24) is 14.8 Å². The first-order valence-electron chi connectivity index (χ1n) is 19.0. The van der Waals surface area contributed by atoms with Gasteiger partial charge in [-0.05, 0) is 69.1 Å². The first kappa shape index (κ1) is 42.2. The van der Waals surface area contributed by atoms with Gasteiger partial charge < -0.3 is 29.5 Å². The summed E-state index contributed by atoms with van der Waals surface area (Å²) in [6, 6.07) is 11.0. The van der Waals surface area contributed by atoms with Crippen LogP contribution in [0.3, 0.4) is 0 Å². The van der Waals surface area contributed by atoms with Crippen LogP contribution in [-0.2, 0) is 22.6 Å². The Bertz CT molecular complexity index is 1940. The third-order valence-corrected chi connectivity index (χ3v) is 12.3. The molecule has 0 unspecified atom stereocenters. The number of pyridine rings is 1. The molecular formula is C40H44F6N4O6S. The summed E-state index contributed by atoms with van der Waals surface area (Å²) >= 11 is 0.369. The molecule has 0 bridgehead atoms. The standard InChI is InChI=1S/C40H44F6N4O6S/c1-2-7-31-38(56-27-22-32(57-23-27)40(44,45)46,13-6-17-50(31)35(53)34-29(39(41,42)43)9-5-16-48-34)36(54)49-18-14-37(24-47,15-19-49)28-8-3-4-10-30(28)55-26-12-11-25(20-26)21-33(51)52/h3-5,8-10,16,22-23,25-26,31,33,51-52H,2,6-7,11-15,17-21H2,1H3/t25-,26-,31+,38-/m0/s1. The Balaban J connectivity index is 1.31. The Kier molecular flexibility index (Phi) is 12.5. The zero-order valence-electron chi connectivity index (χ0n) is 31.2. The van der Waals surface area contributed by atoms with Gasteiger partial charge in [0.25, 0.3) is 11.8 Å². The van der Waals surface area contributed by atoms with Crippen molar-refractivity contribution >= 4 is 23.2 Å². The Hall–Kier alpha value is -4.40. The largest absolute Gasteiger partial charge is 0.490 e. The number of alkyl halides is 6. The fourth-order valence-electron chi connectivity index (χ4n) is 8.67. The summed E-state index contributed by atoms with van der Waals surface area (Å²) < 4.78 is 96.3. The van der Waals surface area contributed by atoms with Crippen LogP contribution >= 0.6 is 11.3 Å². The Morgan fingerprint density at radius 3 is 2.42 bits per heavy atom. The summed E-state index contributed by atoms with van der Waals surface area (Å²) in [6.45, 7) is 1.75. The quantitative estimate of drug-likeness (QED) is 0.148. The lowest BCUT2D eigenvalue weighted by Gasteiger charge is -2.51. The number of hydrogen-bond donors (Lipinski definition) is 2. The molecule has 0 spiro atoms. The molecule has 2 amide bonds. The van der Waals surface area contributed by atoms with Crippen LogP contribution in [0.15, 0.2) is 54.0 Å². The average Bonchev–Trinajstić information content (AvgIpc) is 3.84. The fraction of sp³-hybridized carbons (Fsp3) is 0.550. The SMILES string of the molecule is CCC[C@H]1N(C(=O)c2ncccc2C(F)(F)F)CCC[C@@]1(Oc1csc(C(F)(F)F)c1)C(=O)N1CCC(C#N)(c2ccccc2O[C@H]2CC[C@H](CC(O)O)C2)CC1. The lowest BCUT2D eigenvalue weighted by Crippen LogP contribution is -2.68. The molecule has 2 N–H and O–H groups in total. The number of piperidine rings is 2. The second-order valence-corrected chi connectivity index (χ2v) is 16.0. The van der Waals surface area contributed by atoms with E-state index in [9.17, 15) is 46.6 Å². The minimum atomic E-state index is -4.92. The van der Waals surface area contributed by atoms with Crippen LogP contribution in [0.1, 0.15) is 97.6 Å². The van der Waals surface area contributed by atoms with Gasteiger partial charge in [-0.3, -0.25) is 14.6 Å². The van der Waals surface area contributed by atoms with Crippen LogP contribution in [0.4, 0.5) is 26.3 Å². The Morgan fingerprint density at radius 1 is 1.04 bits per heavy atom. The number of aliphatic hydroxyl groups excluding tert-OH is 1. The highest BCUT2D eigenvalue weighted by Crippen LogP contribution is 2.46. The van der Waals surface area contributed by atoms with E-state index in [1.165, 1.54) is 4.90 Å². The average molecular weight is 823 g/mol. The molecular weight excluding hydrogens is 779 g/mol. The summed E-state index contributed by atoms with van der Waals surface area (Å²) in [5.41, 5.74) is -4.58. The van der Waals surface area contributed by atoms with E-state index in [-0.39, 0.29) is 75.9 Å². The van der Waals surface area contributed by atoms with Crippen molar-refractivity contribution in [3.8, 4) is 17.6 Å². The first-order valence-corrected chi connectivity index (χ1v) is 19.9. The number of hydrogen-bond acceptors (Lipinski definition) is 9. The number of likely N-dealkylation sites (tertiary alicyclic amines) is 2. The first-order chi connectivity index (χ1) is 27.0. The van der Waals surface area contributed by atoms with E-state index < -0.39 is 63.6 Å². The summed E-state index contributed by atoms with van der Waals surface area (Å²) in [6.07, 6.45) is -7.13. The summed E-state index contributed by atoms with van der Waals surface area (Å²) in [5.74, 6) is -1.41. The highest BCUT2D eigenvalue weighted by molar-refractivity contribution is 7.10. The number of nitriles is 1. The van der Waals surface area contributed by atoms with Gasteiger partial charge in [0, 0.05) is 55.7 Å². The second kappa shape index (κ2) is 16.8. The number of nitrogens with zero attached hydrogens (tertiary/aromatic N) is 4. The summed E-state index contributed by atoms with van der Waals surface area (Å²) in [7, 11) is 0. The Labute approximate surface area is 330 Å². The van der Waals surface area contributed by atoms with Crippen LogP contribution in [0.2, 0.25) is 0 Å². The zero-order chi connectivity index (χ0) is 41.2. The molecule has 57 heavy (non-hydrogen) atoms. The van der Waals surface area contributed by atoms with Crippen molar-refractivity contribution in [2.24, 2.45) is 5.92 Å². The smallest absolute Gasteiger partial charge is 0.425 e. The Morgan fingerprint density at radius 2 is 1.77 bits per heavy atom. The van der Waals surface area contributed by atoms with Crippen LogP contribution in [0.25, 0.3) is 0 Å². The molecule has 3 aliphatic rings. The lowest BCUT2D eigenvalue weighted by molar-refractivity contribution is -0.160. The predicted molar refractivity (Wildman–Crippen MR) is 195 cm³/mol. The number of halogens is 6. The number of amides is 2. The molecule has 2 aliphatic heterocycles. The van der Waals surface area contributed by atoms with E-state index in [1.54, 1.807) is 31.2 Å². The molecule has 6 rings (SSSR count). The molecule has 0 radical (unpaired) electrons. The third kappa shape index (κ3) is 8.87. The van der Waals surface area contributed by atoms with E-state index in [0.717, 1.165) is 41.1 Å². The van der Waals surface area contributed by atoms with Gasteiger partial charge in [-0.2, -0.15) is 31.6 Å². The molecule has 2 saturated heterocycles. The maximum atomic E-state index is 15.0. The van der Waals surface area contributed by atoms with E-state index >= 15 is 4.79 Å². The molecule has 17 heteroatoms.